The van der Waals surface area contributed by atoms with Crippen LogP contribution in [0.4, 0.5) is 14.5 Å². The molecule has 1 aromatic carbocycles. The molecule has 0 aliphatic heterocycles. The first-order valence-electron chi connectivity index (χ1n) is 5.11. The fourth-order valence-corrected chi connectivity index (χ4v) is 1.60. The first kappa shape index (κ1) is 13.9. The maximum Gasteiger partial charge on any atom is 0.303 e. The summed E-state index contributed by atoms with van der Waals surface area (Å²) in [5, 5.41) is 11.1. The highest BCUT2D eigenvalue weighted by Crippen LogP contribution is 2.23. The Kier molecular flexibility index (Phi) is 5.34. The van der Waals surface area contributed by atoms with Crippen LogP contribution in [0.25, 0.3) is 0 Å². The van der Waals surface area contributed by atoms with Crippen LogP contribution in [0.15, 0.2) is 16.6 Å². The van der Waals surface area contributed by atoms with Gasteiger partial charge in [-0.2, -0.15) is 0 Å². The Morgan fingerprint density at radius 1 is 1.29 bits per heavy atom. The minimum atomic E-state index is -0.856. The van der Waals surface area contributed by atoms with Crippen LogP contribution < -0.4 is 5.32 Å². The zero-order valence-electron chi connectivity index (χ0n) is 8.97. The Labute approximate surface area is 106 Å². The van der Waals surface area contributed by atoms with Gasteiger partial charge in [0.25, 0.3) is 0 Å². The number of rotatable bonds is 6. The smallest absolute Gasteiger partial charge is 0.303 e. The fraction of sp³-hybridized carbons (Fsp3) is 0.364. The van der Waals surface area contributed by atoms with E-state index in [2.05, 4.69) is 21.2 Å². The summed E-state index contributed by atoms with van der Waals surface area (Å²) in [6.07, 6.45) is 1.17. The minimum Gasteiger partial charge on any atom is -0.481 e. The molecule has 0 heterocycles. The molecule has 3 nitrogen and oxygen atoms in total. The number of benzene rings is 1. The molecule has 0 unspecified atom stereocenters. The Morgan fingerprint density at radius 2 is 2.00 bits per heavy atom. The van der Waals surface area contributed by atoms with E-state index in [0.29, 0.717) is 19.4 Å². The SMILES string of the molecule is O=C(O)CCCCNc1cc(F)c(Br)cc1F. The molecular weight excluding hydrogens is 296 g/mol. The molecule has 0 aliphatic rings. The third-order valence-electron chi connectivity index (χ3n) is 2.14. The third kappa shape index (κ3) is 4.68. The van der Waals surface area contributed by atoms with E-state index in [4.69, 9.17) is 5.11 Å². The van der Waals surface area contributed by atoms with E-state index in [1.807, 2.05) is 0 Å². The van der Waals surface area contributed by atoms with E-state index >= 15 is 0 Å². The van der Waals surface area contributed by atoms with Crippen LogP contribution >= 0.6 is 15.9 Å². The summed E-state index contributed by atoms with van der Waals surface area (Å²) in [5.41, 5.74) is 0.0843. The van der Waals surface area contributed by atoms with Crippen LogP contribution in [0.5, 0.6) is 0 Å². The molecule has 0 atom stereocenters. The quantitative estimate of drug-likeness (QED) is 0.625. The van der Waals surface area contributed by atoms with E-state index in [9.17, 15) is 13.6 Å². The molecule has 6 heteroatoms. The van der Waals surface area contributed by atoms with Crippen LogP contribution in [-0.4, -0.2) is 17.6 Å². The zero-order chi connectivity index (χ0) is 12.8. The van der Waals surface area contributed by atoms with Gasteiger partial charge in [0.2, 0.25) is 0 Å². The van der Waals surface area contributed by atoms with Crippen LogP contribution in [0, 0.1) is 11.6 Å². The monoisotopic (exact) mass is 307 g/mol. The van der Waals surface area contributed by atoms with Crippen molar-refractivity contribution in [2.24, 2.45) is 0 Å². The number of carboxylic acids is 1. The number of hydrogen-bond donors (Lipinski definition) is 2. The van der Waals surface area contributed by atoms with Crippen molar-refractivity contribution in [3.8, 4) is 0 Å². The molecule has 0 spiro atoms. The van der Waals surface area contributed by atoms with Crippen molar-refractivity contribution in [3.05, 3.63) is 28.2 Å². The van der Waals surface area contributed by atoms with Gasteiger partial charge >= 0.3 is 5.97 Å². The highest BCUT2D eigenvalue weighted by Gasteiger charge is 2.07. The van der Waals surface area contributed by atoms with Crippen molar-refractivity contribution in [2.75, 3.05) is 11.9 Å². The van der Waals surface area contributed by atoms with Crippen LogP contribution in [0.1, 0.15) is 19.3 Å². The van der Waals surface area contributed by atoms with Gasteiger partial charge in [0.1, 0.15) is 11.6 Å². The number of hydrogen-bond acceptors (Lipinski definition) is 2. The van der Waals surface area contributed by atoms with E-state index < -0.39 is 17.6 Å². The van der Waals surface area contributed by atoms with Gasteiger partial charge in [0.15, 0.2) is 0 Å². The van der Waals surface area contributed by atoms with Crippen molar-refractivity contribution < 1.29 is 18.7 Å². The van der Waals surface area contributed by atoms with E-state index in [0.717, 1.165) is 12.1 Å². The lowest BCUT2D eigenvalue weighted by Crippen LogP contribution is -2.05. The van der Waals surface area contributed by atoms with Gasteiger partial charge in [-0.05, 0) is 34.8 Å². The van der Waals surface area contributed by atoms with Gasteiger partial charge < -0.3 is 10.4 Å². The molecule has 17 heavy (non-hydrogen) atoms. The molecule has 0 saturated carbocycles. The Balaban J connectivity index is 2.41. The lowest BCUT2D eigenvalue weighted by atomic mass is 10.2. The van der Waals surface area contributed by atoms with Crippen molar-refractivity contribution in [1.82, 2.24) is 0 Å². The van der Waals surface area contributed by atoms with Crippen LogP contribution in [0.2, 0.25) is 0 Å². The number of anilines is 1. The van der Waals surface area contributed by atoms with Gasteiger partial charge in [0.05, 0.1) is 10.2 Å². The van der Waals surface area contributed by atoms with E-state index in [1.165, 1.54) is 0 Å². The summed E-state index contributed by atoms with van der Waals surface area (Å²) in [5.74, 6) is -1.94. The second-order valence-corrected chi connectivity index (χ2v) is 4.38. The van der Waals surface area contributed by atoms with Crippen molar-refractivity contribution >= 4 is 27.6 Å². The molecule has 0 saturated heterocycles. The van der Waals surface area contributed by atoms with E-state index in [1.54, 1.807) is 0 Å². The second kappa shape index (κ2) is 6.54. The van der Waals surface area contributed by atoms with Gasteiger partial charge in [-0.25, -0.2) is 8.78 Å². The predicted octanol–water partition coefficient (Wildman–Crippen LogP) is 3.39. The largest absolute Gasteiger partial charge is 0.481 e. The average Bonchev–Trinajstić information content (AvgIpc) is 2.24. The van der Waals surface area contributed by atoms with Crippen LogP contribution in [0.3, 0.4) is 0 Å². The predicted molar refractivity (Wildman–Crippen MR) is 64.0 cm³/mol. The summed E-state index contributed by atoms with van der Waals surface area (Å²) in [6.45, 7) is 0.408. The zero-order valence-corrected chi connectivity index (χ0v) is 10.6. The summed E-state index contributed by atoms with van der Waals surface area (Å²) in [6, 6.07) is 2.12. The summed E-state index contributed by atoms with van der Waals surface area (Å²) >= 11 is 2.88. The molecule has 0 bridgehead atoms. The van der Waals surface area contributed by atoms with Crippen molar-refractivity contribution in [3.63, 3.8) is 0 Å². The standard InChI is InChI=1S/C11H12BrF2NO2/c12-7-5-9(14)10(6-8(7)13)15-4-2-1-3-11(16)17/h5-6,15H,1-4H2,(H,16,17). The van der Waals surface area contributed by atoms with Gasteiger partial charge in [-0.1, -0.05) is 0 Å². The first-order chi connectivity index (χ1) is 8.00. The van der Waals surface area contributed by atoms with Crippen molar-refractivity contribution in [1.29, 1.82) is 0 Å². The lowest BCUT2D eigenvalue weighted by Gasteiger charge is -2.08. The molecule has 0 radical (unpaired) electrons. The highest BCUT2D eigenvalue weighted by atomic mass is 79.9. The molecule has 0 aromatic heterocycles. The van der Waals surface area contributed by atoms with Crippen molar-refractivity contribution in [2.45, 2.75) is 19.3 Å². The summed E-state index contributed by atoms with van der Waals surface area (Å²) in [7, 11) is 0. The van der Waals surface area contributed by atoms with E-state index in [-0.39, 0.29) is 16.6 Å². The second-order valence-electron chi connectivity index (χ2n) is 3.52. The Morgan fingerprint density at radius 3 is 2.65 bits per heavy atom. The lowest BCUT2D eigenvalue weighted by molar-refractivity contribution is -0.137. The minimum absolute atomic E-state index is 0.0754. The maximum atomic E-state index is 13.3. The molecule has 2 N–H and O–H groups in total. The molecule has 1 rings (SSSR count). The normalized spacial score (nSPS) is 10.3. The molecule has 0 aliphatic carbocycles. The number of unbranched alkanes of at least 4 members (excludes halogenated alkanes) is 1. The molecule has 0 amide bonds. The Bertz CT molecular complexity index is 413. The molecule has 1 aromatic rings. The summed E-state index contributed by atoms with van der Waals surface area (Å²) < 4.78 is 26.5. The Hall–Kier alpha value is -1.17. The fourth-order valence-electron chi connectivity index (χ4n) is 1.28. The summed E-state index contributed by atoms with van der Waals surface area (Å²) in [4.78, 5) is 10.2. The van der Waals surface area contributed by atoms with Gasteiger partial charge in [-0.15, -0.1) is 0 Å². The maximum absolute atomic E-state index is 13.3. The van der Waals surface area contributed by atoms with Gasteiger partial charge in [-0.3, -0.25) is 4.79 Å². The first-order valence-corrected chi connectivity index (χ1v) is 5.90. The number of nitrogens with one attached hydrogen (secondary N) is 1. The third-order valence-corrected chi connectivity index (χ3v) is 2.75. The number of aliphatic carboxylic acids is 1. The number of halogens is 3. The topological polar surface area (TPSA) is 49.3 Å². The molecule has 0 fully saturated rings. The number of carbonyl (C=O) groups is 1. The van der Waals surface area contributed by atoms with Crippen LogP contribution in [-0.2, 0) is 4.79 Å². The average molecular weight is 308 g/mol. The number of carboxylic acid groups (broad SMARTS) is 1. The highest BCUT2D eigenvalue weighted by molar-refractivity contribution is 9.10. The molecule has 94 valence electrons. The van der Waals surface area contributed by atoms with Gasteiger partial charge in [0, 0.05) is 19.0 Å². The molecular formula is C11H12BrF2NO2.